The molecule has 17 heavy (non-hydrogen) atoms. The predicted molar refractivity (Wildman–Crippen MR) is 67.9 cm³/mol. The molecule has 0 atom stereocenters. The van der Waals surface area contributed by atoms with Crippen LogP contribution < -0.4 is 0 Å². The van der Waals surface area contributed by atoms with Gasteiger partial charge in [-0.3, -0.25) is 4.79 Å². The lowest BCUT2D eigenvalue weighted by molar-refractivity contribution is 0.112. The molecule has 1 aromatic carbocycles. The van der Waals surface area contributed by atoms with Gasteiger partial charge >= 0.3 is 0 Å². The number of halogens is 3. The summed E-state index contributed by atoms with van der Waals surface area (Å²) < 4.78 is 0. The predicted octanol–water partition coefficient (Wildman–Crippen LogP) is 3.92. The summed E-state index contributed by atoms with van der Waals surface area (Å²) in [5.74, 6) is 0. The van der Waals surface area contributed by atoms with Crippen molar-refractivity contribution in [2.24, 2.45) is 0 Å². The van der Waals surface area contributed by atoms with Gasteiger partial charge in [-0.05, 0) is 6.07 Å². The lowest BCUT2D eigenvalue weighted by atomic mass is 10.1. The number of carbonyl (C=O) groups is 1. The lowest BCUT2D eigenvalue weighted by Crippen LogP contribution is -1.96. The van der Waals surface area contributed by atoms with Crippen LogP contribution in [0.1, 0.15) is 10.4 Å². The molecular weight excluding hydrogens is 282 g/mol. The highest BCUT2D eigenvalue weighted by molar-refractivity contribution is 6.43. The lowest BCUT2D eigenvalue weighted by Gasteiger charge is -2.07. The number of aldehydes is 1. The van der Waals surface area contributed by atoms with Gasteiger partial charge in [0.25, 0.3) is 0 Å². The molecule has 0 bridgehead atoms. The van der Waals surface area contributed by atoms with Crippen molar-refractivity contribution in [2.75, 3.05) is 0 Å². The Bertz CT molecular complexity index is 587. The average molecular weight is 288 g/mol. The van der Waals surface area contributed by atoms with Gasteiger partial charge in [-0.1, -0.05) is 46.9 Å². The van der Waals surface area contributed by atoms with Gasteiger partial charge in [0.05, 0.1) is 21.3 Å². The van der Waals surface area contributed by atoms with E-state index >= 15 is 0 Å². The van der Waals surface area contributed by atoms with Crippen molar-refractivity contribution >= 4 is 41.1 Å². The summed E-state index contributed by atoms with van der Waals surface area (Å²) in [4.78, 5) is 18.7. The third-order valence-corrected chi connectivity index (χ3v) is 3.28. The van der Waals surface area contributed by atoms with E-state index < -0.39 is 0 Å². The Hall–Kier alpha value is -1.16. The van der Waals surface area contributed by atoms with Gasteiger partial charge in [0.1, 0.15) is 11.5 Å². The average Bonchev–Trinajstić information content (AvgIpc) is 2.32. The quantitative estimate of drug-likeness (QED) is 0.621. The standard InChI is InChI=1S/C11H5Cl3N2O/c12-8-3-1-2-6(9(8)13)10-7(4-17)11(14)16-5-15-10/h1-5H. The van der Waals surface area contributed by atoms with Crippen LogP contribution in [0.4, 0.5) is 0 Å². The summed E-state index contributed by atoms with van der Waals surface area (Å²) in [5.41, 5.74) is 1.11. The molecule has 2 aromatic rings. The van der Waals surface area contributed by atoms with Crippen LogP contribution in [-0.2, 0) is 0 Å². The van der Waals surface area contributed by atoms with Gasteiger partial charge in [0.2, 0.25) is 0 Å². The zero-order valence-corrected chi connectivity index (χ0v) is 10.6. The molecule has 2 rings (SSSR count). The number of benzene rings is 1. The fourth-order valence-electron chi connectivity index (χ4n) is 1.38. The Balaban J connectivity index is 2.73. The van der Waals surface area contributed by atoms with E-state index in [2.05, 4.69) is 9.97 Å². The van der Waals surface area contributed by atoms with Crippen LogP contribution in [0.3, 0.4) is 0 Å². The zero-order chi connectivity index (χ0) is 12.4. The van der Waals surface area contributed by atoms with E-state index in [4.69, 9.17) is 34.8 Å². The van der Waals surface area contributed by atoms with Crippen molar-refractivity contribution in [1.29, 1.82) is 0 Å². The summed E-state index contributed by atoms with van der Waals surface area (Å²) in [6.45, 7) is 0. The molecule has 0 unspecified atom stereocenters. The highest BCUT2D eigenvalue weighted by Crippen LogP contribution is 2.34. The second-order valence-corrected chi connectivity index (χ2v) is 4.29. The Labute approximate surface area is 112 Å². The van der Waals surface area contributed by atoms with Gasteiger partial charge in [-0.15, -0.1) is 0 Å². The van der Waals surface area contributed by atoms with Crippen LogP contribution in [0.2, 0.25) is 15.2 Å². The van der Waals surface area contributed by atoms with Gasteiger partial charge in [-0.25, -0.2) is 9.97 Å². The Morgan fingerprint density at radius 1 is 1.12 bits per heavy atom. The van der Waals surface area contributed by atoms with E-state index in [1.54, 1.807) is 18.2 Å². The third-order valence-electron chi connectivity index (χ3n) is 2.16. The Kier molecular flexibility index (Phi) is 3.62. The van der Waals surface area contributed by atoms with Crippen molar-refractivity contribution < 1.29 is 4.79 Å². The molecule has 6 heteroatoms. The van der Waals surface area contributed by atoms with Crippen LogP contribution >= 0.6 is 34.8 Å². The molecule has 3 nitrogen and oxygen atoms in total. The second-order valence-electron chi connectivity index (χ2n) is 3.15. The molecule has 0 aliphatic carbocycles. The number of hydrogen-bond donors (Lipinski definition) is 0. The zero-order valence-electron chi connectivity index (χ0n) is 8.32. The highest BCUT2D eigenvalue weighted by atomic mass is 35.5. The van der Waals surface area contributed by atoms with Crippen molar-refractivity contribution in [3.05, 3.63) is 45.3 Å². The molecule has 0 N–H and O–H groups in total. The van der Waals surface area contributed by atoms with Crippen molar-refractivity contribution in [3.63, 3.8) is 0 Å². The molecule has 0 amide bonds. The van der Waals surface area contributed by atoms with E-state index in [-0.39, 0.29) is 10.7 Å². The summed E-state index contributed by atoms with van der Waals surface area (Å²) in [6, 6.07) is 5.07. The molecule has 0 saturated carbocycles. The third kappa shape index (κ3) is 2.27. The number of aromatic nitrogens is 2. The van der Waals surface area contributed by atoms with Crippen molar-refractivity contribution in [2.45, 2.75) is 0 Å². The summed E-state index contributed by atoms with van der Waals surface area (Å²) in [7, 11) is 0. The minimum absolute atomic E-state index is 0.0843. The van der Waals surface area contributed by atoms with Gasteiger partial charge in [0, 0.05) is 5.56 Å². The maximum absolute atomic E-state index is 11.0. The van der Waals surface area contributed by atoms with Gasteiger partial charge in [-0.2, -0.15) is 0 Å². The largest absolute Gasteiger partial charge is 0.298 e. The fraction of sp³-hybridized carbons (Fsp3) is 0. The normalized spacial score (nSPS) is 10.3. The minimum atomic E-state index is 0.0843. The minimum Gasteiger partial charge on any atom is -0.298 e. The monoisotopic (exact) mass is 286 g/mol. The van der Waals surface area contributed by atoms with Gasteiger partial charge in [0.15, 0.2) is 6.29 Å². The smallest absolute Gasteiger partial charge is 0.155 e. The molecule has 0 radical (unpaired) electrons. The van der Waals surface area contributed by atoms with Crippen LogP contribution in [0.25, 0.3) is 11.3 Å². The van der Waals surface area contributed by atoms with Gasteiger partial charge < -0.3 is 0 Å². The van der Waals surface area contributed by atoms with E-state index in [0.717, 1.165) is 0 Å². The fourth-order valence-corrected chi connectivity index (χ4v) is 1.95. The van der Waals surface area contributed by atoms with Crippen molar-refractivity contribution in [3.8, 4) is 11.3 Å². The first kappa shape index (κ1) is 12.3. The number of carbonyl (C=O) groups excluding carboxylic acids is 1. The molecule has 1 aromatic heterocycles. The van der Waals surface area contributed by atoms with Crippen LogP contribution in [0, 0.1) is 0 Å². The summed E-state index contributed by atoms with van der Waals surface area (Å²) >= 11 is 17.8. The maximum atomic E-state index is 11.0. The number of nitrogens with zero attached hydrogens (tertiary/aromatic N) is 2. The van der Waals surface area contributed by atoms with E-state index in [9.17, 15) is 4.79 Å². The molecule has 1 heterocycles. The van der Waals surface area contributed by atoms with E-state index in [1.165, 1.54) is 6.33 Å². The SMILES string of the molecule is O=Cc1c(Cl)ncnc1-c1cccc(Cl)c1Cl. The first-order valence-corrected chi connectivity index (χ1v) is 5.68. The molecular formula is C11H5Cl3N2O. The highest BCUT2D eigenvalue weighted by Gasteiger charge is 2.14. The molecule has 86 valence electrons. The molecule has 0 saturated heterocycles. The topological polar surface area (TPSA) is 42.9 Å². The Morgan fingerprint density at radius 2 is 1.88 bits per heavy atom. The van der Waals surface area contributed by atoms with Crippen molar-refractivity contribution in [1.82, 2.24) is 9.97 Å². The summed E-state index contributed by atoms with van der Waals surface area (Å²) in [6.07, 6.45) is 1.86. The van der Waals surface area contributed by atoms with Crippen LogP contribution in [-0.4, -0.2) is 16.3 Å². The van der Waals surface area contributed by atoms with E-state index in [0.29, 0.717) is 27.6 Å². The molecule has 0 aliphatic rings. The summed E-state index contributed by atoms with van der Waals surface area (Å²) in [5, 5.41) is 0.795. The number of rotatable bonds is 2. The first-order chi connectivity index (χ1) is 8.15. The second kappa shape index (κ2) is 5.00. The molecule has 0 aliphatic heterocycles. The molecule has 0 spiro atoms. The molecule has 0 fully saturated rings. The number of hydrogen-bond acceptors (Lipinski definition) is 3. The Morgan fingerprint density at radius 3 is 2.59 bits per heavy atom. The first-order valence-electron chi connectivity index (χ1n) is 4.55. The van der Waals surface area contributed by atoms with Crippen LogP contribution in [0.5, 0.6) is 0 Å². The van der Waals surface area contributed by atoms with Crippen LogP contribution in [0.15, 0.2) is 24.5 Å². The maximum Gasteiger partial charge on any atom is 0.155 e. The van der Waals surface area contributed by atoms with E-state index in [1.807, 2.05) is 0 Å².